The van der Waals surface area contributed by atoms with Gasteiger partial charge in [0, 0.05) is 19.3 Å². The Labute approximate surface area is 332 Å². The van der Waals surface area contributed by atoms with Crippen LogP contribution in [0.15, 0.2) is 97.1 Å². The molecule has 1 saturated carbocycles. The Balaban J connectivity index is 0.000000252. The first kappa shape index (κ1) is 43.5. The molecule has 0 bridgehead atoms. The zero-order valence-electron chi connectivity index (χ0n) is 34.4. The molecule has 1 aliphatic carbocycles. The lowest BCUT2D eigenvalue weighted by Crippen LogP contribution is -2.44. The Hall–Kier alpha value is -4.19. The second-order valence-corrected chi connectivity index (χ2v) is 24.7. The molecule has 0 aromatic heterocycles. The Bertz CT molecular complexity index is 1800. The van der Waals surface area contributed by atoms with Gasteiger partial charge in [0.2, 0.25) is 0 Å². The molecule has 0 N–H and O–H groups in total. The van der Waals surface area contributed by atoms with E-state index in [9.17, 15) is 9.59 Å². The molecule has 55 heavy (non-hydrogen) atoms. The third kappa shape index (κ3) is 13.5. The molecule has 0 saturated heterocycles. The fraction of sp³-hybridized carbons (Fsp3) is 0.435. The first-order valence-electron chi connectivity index (χ1n) is 19.8. The summed E-state index contributed by atoms with van der Waals surface area (Å²) in [5.74, 6) is 2.59. The van der Waals surface area contributed by atoms with Crippen molar-refractivity contribution in [3.05, 3.63) is 119 Å². The van der Waals surface area contributed by atoms with Gasteiger partial charge in [0.05, 0.1) is 14.2 Å². The zero-order chi connectivity index (χ0) is 39.9. The van der Waals surface area contributed by atoms with Crippen LogP contribution in [0.5, 0.6) is 23.0 Å². The molecule has 4 aromatic rings. The molecule has 0 atom stereocenters. The second-order valence-electron chi connectivity index (χ2n) is 15.8. The minimum absolute atomic E-state index is 0.0409. The Morgan fingerprint density at radius 3 is 1.49 bits per heavy atom. The van der Waals surface area contributed by atoms with Crippen LogP contribution in [0, 0.1) is 0 Å². The number of benzene rings is 4. The number of rotatable bonds is 16. The Kier molecular flexibility index (Phi) is 16.3. The van der Waals surface area contributed by atoms with E-state index in [1.807, 2.05) is 60.7 Å². The van der Waals surface area contributed by atoms with Gasteiger partial charge in [-0.15, -0.1) is 0 Å². The number of hydrogen-bond acceptors (Lipinski definition) is 7. The number of methoxy groups -OCH3 is 2. The van der Waals surface area contributed by atoms with Crippen LogP contribution < -0.4 is 18.9 Å². The predicted octanol–water partition coefficient (Wildman–Crippen LogP) is 11.5. The summed E-state index contributed by atoms with van der Waals surface area (Å²) in [6.07, 6.45) is 10.2. The smallest absolute Gasteiger partial charge is 0.308 e. The van der Waals surface area contributed by atoms with E-state index < -0.39 is 16.6 Å². The molecule has 0 spiro atoms. The maximum absolute atomic E-state index is 11.3. The molecule has 0 radical (unpaired) electrons. The van der Waals surface area contributed by atoms with Crippen LogP contribution in [0.1, 0.15) is 81.0 Å². The van der Waals surface area contributed by atoms with Gasteiger partial charge in [-0.2, -0.15) is 0 Å². The number of aryl methyl sites for hydroxylation is 2. The number of carbonyl (C=O) groups excluding carboxylic acids is 2. The normalized spacial score (nSPS) is 13.9. The van der Waals surface area contributed by atoms with Crippen molar-refractivity contribution >= 4 is 28.6 Å². The maximum Gasteiger partial charge on any atom is 0.308 e. The molecular formula is C46H62O7Si2. The van der Waals surface area contributed by atoms with Crippen LogP contribution in [0.25, 0.3) is 0 Å². The monoisotopic (exact) mass is 782 g/mol. The summed E-state index contributed by atoms with van der Waals surface area (Å²) in [6, 6.07) is 34.8. The SMILES string of the molecule is COc1ccc(C2(c3ccc(OC(C)=O)cc3)CCCCC2)cc1.COc1ccccc1CCC[Si](C)(C)O[Si](C)(C)CCCc1ccccc1OC(C)=O. The second kappa shape index (κ2) is 20.7. The van der Waals surface area contributed by atoms with Crippen molar-refractivity contribution in [3.8, 4) is 23.0 Å². The van der Waals surface area contributed by atoms with Crippen molar-refractivity contribution < 1.29 is 32.7 Å². The molecule has 1 aliphatic rings. The first-order valence-corrected chi connectivity index (χ1v) is 26.0. The van der Waals surface area contributed by atoms with Crippen molar-refractivity contribution in [2.45, 2.75) is 115 Å². The molecule has 0 amide bonds. The minimum Gasteiger partial charge on any atom is -0.497 e. The van der Waals surface area contributed by atoms with E-state index in [1.165, 1.54) is 49.8 Å². The van der Waals surface area contributed by atoms with Crippen LogP contribution in [0.2, 0.25) is 38.3 Å². The van der Waals surface area contributed by atoms with Gasteiger partial charge < -0.3 is 23.1 Å². The molecule has 0 aliphatic heterocycles. The summed E-state index contributed by atoms with van der Waals surface area (Å²) in [5.41, 5.74) is 5.04. The average molecular weight is 783 g/mol. The highest BCUT2D eigenvalue weighted by atomic mass is 28.4. The quantitative estimate of drug-likeness (QED) is 0.0636. The number of ether oxygens (including phenoxy) is 4. The van der Waals surface area contributed by atoms with E-state index in [4.69, 9.17) is 23.1 Å². The first-order chi connectivity index (χ1) is 26.3. The van der Waals surface area contributed by atoms with Crippen LogP contribution in [-0.2, 0) is 32.0 Å². The largest absolute Gasteiger partial charge is 0.497 e. The van der Waals surface area contributed by atoms with Crippen LogP contribution in [-0.4, -0.2) is 42.8 Å². The third-order valence-corrected chi connectivity index (χ3v) is 18.0. The van der Waals surface area contributed by atoms with E-state index in [-0.39, 0.29) is 17.4 Å². The highest BCUT2D eigenvalue weighted by molar-refractivity contribution is 6.84. The van der Waals surface area contributed by atoms with Gasteiger partial charge in [0.15, 0.2) is 16.6 Å². The van der Waals surface area contributed by atoms with Gasteiger partial charge in [0.1, 0.15) is 23.0 Å². The highest BCUT2D eigenvalue weighted by Crippen LogP contribution is 2.45. The van der Waals surface area contributed by atoms with Crippen molar-refractivity contribution in [2.75, 3.05) is 14.2 Å². The predicted molar refractivity (Wildman–Crippen MR) is 228 cm³/mol. The van der Waals surface area contributed by atoms with Gasteiger partial charge in [-0.1, -0.05) is 79.9 Å². The molecule has 1 fully saturated rings. The van der Waals surface area contributed by atoms with Crippen molar-refractivity contribution in [1.82, 2.24) is 0 Å². The molecule has 0 unspecified atom stereocenters. The molecule has 5 rings (SSSR count). The zero-order valence-corrected chi connectivity index (χ0v) is 36.4. The highest BCUT2D eigenvalue weighted by Gasteiger charge is 2.36. The fourth-order valence-electron chi connectivity index (χ4n) is 7.95. The lowest BCUT2D eigenvalue weighted by atomic mass is 9.65. The molecular weight excluding hydrogens is 721 g/mol. The number of esters is 2. The van der Waals surface area contributed by atoms with E-state index in [2.05, 4.69) is 62.6 Å². The average Bonchev–Trinajstić information content (AvgIpc) is 3.15. The molecule has 7 nitrogen and oxygen atoms in total. The number of carbonyl (C=O) groups is 2. The molecule has 9 heteroatoms. The van der Waals surface area contributed by atoms with E-state index in [0.29, 0.717) is 11.5 Å². The summed E-state index contributed by atoms with van der Waals surface area (Å²) in [4.78, 5) is 22.4. The summed E-state index contributed by atoms with van der Waals surface area (Å²) in [5, 5.41) is 0. The van der Waals surface area contributed by atoms with Gasteiger partial charge in [-0.25, -0.2) is 0 Å². The van der Waals surface area contributed by atoms with E-state index in [0.717, 1.165) is 67.7 Å². The Morgan fingerprint density at radius 2 is 1.02 bits per heavy atom. The van der Waals surface area contributed by atoms with Gasteiger partial charge in [0.25, 0.3) is 0 Å². The third-order valence-electron chi connectivity index (χ3n) is 10.4. The van der Waals surface area contributed by atoms with Crippen LogP contribution in [0.3, 0.4) is 0 Å². The van der Waals surface area contributed by atoms with Gasteiger partial charge >= 0.3 is 11.9 Å². The van der Waals surface area contributed by atoms with Crippen molar-refractivity contribution in [2.24, 2.45) is 0 Å². The van der Waals surface area contributed by atoms with E-state index in [1.54, 1.807) is 14.2 Å². The number of para-hydroxylation sites is 2. The summed E-state index contributed by atoms with van der Waals surface area (Å²) < 4.78 is 28.1. The minimum atomic E-state index is -1.76. The summed E-state index contributed by atoms with van der Waals surface area (Å²) in [7, 11) is -0.0613. The van der Waals surface area contributed by atoms with Gasteiger partial charge in [-0.3, -0.25) is 9.59 Å². The fourth-order valence-corrected chi connectivity index (χ4v) is 16.8. The Morgan fingerprint density at radius 1 is 0.564 bits per heavy atom. The molecule has 296 valence electrons. The van der Waals surface area contributed by atoms with E-state index >= 15 is 0 Å². The standard InChI is InChI=1S/C25H38O4Si2.C21H24O3/c1-21(26)28-25-18-10-8-14-23(25)16-12-20-31(5,6)29-30(3,4)19-11-15-22-13-7-9-17-24(22)27-2;1-16(22)24-20-12-8-18(9-13-20)21(14-4-3-5-15-21)17-6-10-19(23-2)11-7-17/h7-10,13-14,17-18H,11-12,15-16,19-20H2,1-6H3;6-13H,3-5,14-15H2,1-2H3. The topological polar surface area (TPSA) is 80.3 Å². The molecule has 4 aromatic carbocycles. The van der Waals surface area contributed by atoms with Gasteiger partial charge in [-0.05, 0) is 135 Å². The van der Waals surface area contributed by atoms with Crippen molar-refractivity contribution in [3.63, 3.8) is 0 Å². The summed E-state index contributed by atoms with van der Waals surface area (Å²) >= 11 is 0. The lowest BCUT2D eigenvalue weighted by molar-refractivity contribution is -0.132. The maximum atomic E-state index is 11.3. The number of hydrogen-bond donors (Lipinski definition) is 0. The van der Waals surface area contributed by atoms with Crippen molar-refractivity contribution in [1.29, 1.82) is 0 Å². The van der Waals surface area contributed by atoms with Crippen LogP contribution >= 0.6 is 0 Å². The lowest BCUT2D eigenvalue weighted by Gasteiger charge is -2.38. The molecule has 0 heterocycles. The summed E-state index contributed by atoms with van der Waals surface area (Å²) in [6.45, 7) is 12.2. The van der Waals surface area contributed by atoms with Crippen LogP contribution in [0.4, 0.5) is 0 Å².